The lowest BCUT2D eigenvalue weighted by atomic mass is 9.97. The van der Waals surface area contributed by atoms with Crippen molar-refractivity contribution < 1.29 is 18.4 Å². The molecule has 0 saturated carbocycles. The normalized spacial score (nSPS) is 14.7. The van der Waals surface area contributed by atoms with Crippen LogP contribution in [0.1, 0.15) is 28.8 Å². The van der Waals surface area contributed by atoms with E-state index in [1.165, 1.54) is 18.6 Å². The number of amides is 1. The van der Waals surface area contributed by atoms with Gasteiger partial charge in [0, 0.05) is 56.3 Å². The van der Waals surface area contributed by atoms with Crippen molar-refractivity contribution in [1.82, 2.24) is 19.8 Å². The number of hydrogen-bond acceptors (Lipinski definition) is 8. The van der Waals surface area contributed by atoms with Gasteiger partial charge in [0.05, 0.1) is 11.8 Å². The highest BCUT2D eigenvalue weighted by molar-refractivity contribution is 7.88. The minimum atomic E-state index is -3.39. The second-order valence-electron chi connectivity index (χ2n) is 8.58. The molecule has 0 atom stereocenters. The first kappa shape index (κ1) is 26.9. The molecular formula is C23H31ClN6O4S. The van der Waals surface area contributed by atoms with Crippen molar-refractivity contribution in [2.24, 2.45) is 5.92 Å². The molecule has 190 valence electrons. The van der Waals surface area contributed by atoms with E-state index in [0.717, 1.165) is 24.1 Å². The van der Waals surface area contributed by atoms with Crippen molar-refractivity contribution in [2.45, 2.75) is 19.3 Å². The predicted molar refractivity (Wildman–Crippen MR) is 136 cm³/mol. The van der Waals surface area contributed by atoms with Crippen molar-refractivity contribution >= 4 is 39.2 Å². The number of hydroxylamine groups is 1. The van der Waals surface area contributed by atoms with E-state index in [1.54, 1.807) is 22.1 Å². The average Bonchev–Trinajstić information content (AvgIpc) is 2.85. The number of aromatic nitrogens is 2. The fourth-order valence-corrected chi connectivity index (χ4v) is 5.20. The van der Waals surface area contributed by atoms with E-state index in [2.05, 4.69) is 16.5 Å². The van der Waals surface area contributed by atoms with Gasteiger partial charge < -0.3 is 9.80 Å². The maximum atomic E-state index is 12.6. The fourth-order valence-electron chi connectivity index (χ4n) is 4.10. The Balaban J connectivity index is 1.61. The van der Waals surface area contributed by atoms with Crippen LogP contribution in [0.4, 0.5) is 11.6 Å². The Kier molecular flexibility index (Phi) is 9.06. The zero-order valence-electron chi connectivity index (χ0n) is 19.9. The molecule has 1 aliphatic heterocycles. The Morgan fingerprint density at radius 1 is 1.31 bits per heavy atom. The molecule has 2 heterocycles. The number of hydrogen-bond donors (Lipinski definition) is 2. The molecule has 1 aliphatic rings. The summed E-state index contributed by atoms with van der Waals surface area (Å²) < 4.78 is 26.7. The number of carbonyl (C=O) groups excluding carboxylic acids is 1. The van der Waals surface area contributed by atoms with Gasteiger partial charge >= 0.3 is 0 Å². The van der Waals surface area contributed by atoms with Gasteiger partial charge in [-0.3, -0.25) is 10.0 Å². The third-order valence-corrected chi connectivity index (χ3v) is 7.66. The summed E-state index contributed by atoms with van der Waals surface area (Å²) >= 11 is 6.20. The zero-order chi connectivity index (χ0) is 25.6. The van der Waals surface area contributed by atoms with E-state index in [1.807, 2.05) is 29.0 Å². The van der Waals surface area contributed by atoms with Gasteiger partial charge in [0.15, 0.2) is 0 Å². The molecule has 2 N–H and O–H groups in total. The van der Waals surface area contributed by atoms with Gasteiger partial charge in [0.1, 0.15) is 0 Å². The molecule has 1 saturated heterocycles. The van der Waals surface area contributed by atoms with Crippen LogP contribution in [0.5, 0.6) is 0 Å². The highest BCUT2D eigenvalue weighted by Gasteiger charge is 2.26. The SMILES string of the molecule is C=CN(C)c1ccc(Cl)cc1CCN(CC1CCN(c2ncc(C(=O)NO)cn2)CC1)S(C)(=O)=O. The number of nitrogens with zero attached hydrogens (tertiary/aromatic N) is 5. The Morgan fingerprint density at radius 3 is 2.54 bits per heavy atom. The predicted octanol–water partition coefficient (Wildman–Crippen LogP) is 2.55. The van der Waals surface area contributed by atoms with Crippen LogP contribution in [-0.4, -0.2) is 73.3 Å². The van der Waals surface area contributed by atoms with Crippen molar-refractivity contribution in [3.8, 4) is 0 Å². The van der Waals surface area contributed by atoms with E-state index < -0.39 is 15.9 Å². The summed E-state index contributed by atoms with van der Waals surface area (Å²) in [6, 6.07) is 5.58. The van der Waals surface area contributed by atoms with Gasteiger partial charge in [-0.2, -0.15) is 0 Å². The molecule has 12 heteroatoms. The molecule has 1 aromatic carbocycles. The lowest BCUT2D eigenvalue weighted by Crippen LogP contribution is -2.41. The summed E-state index contributed by atoms with van der Waals surface area (Å²) in [5, 5.41) is 9.31. The summed E-state index contributed by atoms with van der Waals surface area (Å²) in [4.78, 5) is 23.7. The average molecular weight is 523 g/mol. The van der Waals surface area contributed by atoms with Crippen LogP contribution < -0.4 is 15.3 Å². The Morgan fingerprint density at radius 2 is 1.97 bits per heavy atom. The zero-order valence-corrected chi connectivity index (χ0v) is 21.5. The largest absolute Gasteiger partial charge is 0.351 e. The molecule has 0 aliphatic carbocycles. The van der Waals surface area contributed by atoms with Crippen LogP contribution in [0.25, 0.3) is 0 Å². The molecular weight excluding hydrogens is 492 g/mol. The van der Waals surface area contributed by atoms with Gasteiger partial charge in [0.25, 0.3) is 5.91 Å². The Bertz CT molecular complexity index is 1140. The summed E-state index contributed by atoms with van der Waals surface area (Å²) in [5.74, 6) is 0.0324. The molecule has 10 nitrogen and oxygen atoms in total. The quantitative estimate of drug-likeness (QED) is 0.361. The minimum Gasteiger partial charge on any atom is -0.351 e. The number of nitrogens with one attached hydrogen (secondary N) is 1. The lowest BCUT2D eigenvalue weighted by molar-refractivity contribution is 0.0705. The standard InChI is InChI=1S/C23H31ClN6O4S/c1-4-28(2)21-6-5-20(24)13-18(21)9-12-30(35(3,33)34)16-17-7-10-29(11-8-17)23-25-14-19(15-26-23)22(31)27-32/h4-6,13-15,17,32H,1,7-12,16H2,2-3H3,(H,27,31). The second-order valence-corrected chi connectivity index (χ2v) is 11.0. The van der Waals surface area contributed by atoms with Crippen molar-refractivity contribution in [1.29, 1.82) is 0 Å². The van der Waals surface area contributed by atoms with E-state index >= 15 is 0 Å². The number of sulfonamides is 1. The van der Waals surface area contributed by atoms with E-state index in [4.69, 9.17) is 16.8 Å². The van der Waals surface area contributed by atoms with Crippen molar-refractivity contribution in [2.75, 3.05) is 49.3 Å². The number of benzene rings is 1. The van der Waals surface area contributed by atoms with E-state index in [-0.39, 0.29) is 11.5 Å². The number of rotatable bonds is 10. The molecule has 0 radical (unpaired) electrons. The highest BCUT2D eigenvalue weighted by atomic mass is 35.5. The van der Waals surface area contributed by atoms with Crippen molar-refractivity contribution in [3.63, 3.8) is 0 Å². The summed E-state index contributed by atoms with van der Waals surface area (Å²) in [6.45, 7) is 5.95. The maximum Gasteiger partial charge on any atom is 0.277 e. The van der Waals surface area contributed by atoms with E-state index in [0.29, 0.717) is 43.6 Å². The molecule has 0 spiro atoms. The van der Waals surface area contributed by atoms with Crippen molar-refractivity contribution in [3.05, 3.63) is 59.5 Å². The fraction of sp³-hybridized carbons (Fsp3) is 0.435. The maximum absolute atomic E-state index is 12.6. The molecule has 2 aromatic rings. The van der Waals surface area contributed by atoms with Gasteiger partial charge in [-0.05, 0) is 55.1 Å². The number of piperidine rings is 1. The minimum absolute atomic E-state index is 0.164. The molecule has 35 heavy (non-hydrogen) atoms. The van der Waals surface area contributed by atoms with Crippen LogP contribution in [0.2, 0.25) is 5.02 Å². The smallest absolute Gasteiger partial charge is 0.277 e. The van der Waals surface area contributed by atoms with Gasteiger partial charge in [-0.15, -0.1) is 0 Å². The monoisotopic (exact) mass is 522 g/mol. The number of anilines is 2. The molecule has 1 amide bonds. The number of halogens is 1. The van der Waals surface area contributed by atoms with Crippen LogP contribution in [0, 0.1) is 5.92 Å². The summed E-state index contributed by atoms with van der Waals surface area (Å²) in [6.07, 6.45) is 7.77. The first-order valence-corrected chi connectivity index (χ1v) is 13.5. The van der Waals surface area contributed by atoms with Crippen LogP contribution in [0.3, 0.4) is 0 Å². The highest BCUT2D eigenvalue weighted by Crippen LogP contribution is 2.26. The van der Waals surface area contributed by atoms with Crippen LogP contribution >= 0.6 is 11.6 Å². The van der Waals surface area contributed by atoms with Crippen LogP contribution in [0.15, 0.2) is 43.4 Å². The first-order chi connectivity index (χ1) is 16.6. The Labute approximate surface area is 211 Å². The third kappa shape index (κ3) is 7.14. The lowest BCUT2D eigenvalue weighted by Gasteiger charge is -2.34. The third-order valence-electron chi connectivity index (χ3n) is 6.16. The molecule has 3 rings (SSSR count). The number of carbonyl (C=O) groups is 1. The van der Waals surface area contributed by atoms with Crippen LogP contribution in [-0.2, 0) is 16.4 Å². The molecule has 0 bridgehead atoms. The summed E-state index contributed by atoms with van der Waals surface area (Å²) in [5.41, 5.74) is 3.61. The molecule has 1 fully saturated rings. The van der Waals surface area contributed by atoms with E-state index in [9.17, 15) is 13.2 Å². The summed E-state index contributed by atoms with van der Waals surface area (Å²) in [7, 11) is -1.50. The Hall–Kier alpha value is -2.73. The second kappa shape index (κ2) is 11.8. The molecule has 1 aromatic heterocycles. The first-order valence-electron chi connectivity index (χ1n) is 11.2. The van der Waals surface area contributed by atoms with Gasteiger partial charge in [-0.25, -0.2) is 28.2 Å². The van der Waals surface area contributed by atoms with Gasteiger partial charge in [0.2, 0.25) is 16.0 Å². The molecule has 0 unspecified atom stereocenters. The topological polar surface area (TPSA) is 119 Å². The van der Waals surface area contributed by atoms with Gasteiger partial charge in [-0.1, -0.05) is 18.2 Å².